The molecule has 28 heavy (non-hydrogen) atoms. The third kappa shape index (κ3) is 4.78. The summed E-state index contributed by atoms with van der Waals surface area (Å²) < 4.78 is 10.8. The Morgan fingerprint density at radius 2 is 1.89 bits per heavy atom. The van der Waals surface area contributed by atoms with Crippen LogP contribution in [0.3, 0.4) is 0 Å². The first-order valence-electron chi connectivity index (χ1n) is 8.87. The molecule has 0 spiro atoms. The number of carbonyl (C=O) groups is 2. The average Bonchev–Trinajstić information content (AvgIpc) is 3.26. The standard InChI is InChI=1S/C22H21NO4S/c1-14(2)26-22(25)20-18(16-7-5-4-6-8-16)13-28-21(20)23-19(24)12-11-17-10-9-15(3)27-17/h4-14H,1-3H3,(H,23,24)/b12-11+. The summed E-state index contributed by atoms with van der Waals surface area (Å²) in [6.07, 6.45) is 2.69. The number of ether oxygens (including phenoxy) is 1. The van der Waals surface area contributed by atoms with Gasteiger partial charge in [-0.2, -0.15) is 0 Å². The lowest BCUT2D eigenvalue weighted by Gasteiger charge is -2.11. The number of rotatable bonds is 6. The molecular formula is C22H21NO4S. The fourth-order valence-electron chi connectivity index (χ4n) is 2.61. The third-order valence-electron chi connectivity index (χ3n) is 3.82. The van der Waals surface area contributed by atoms with Gasteiger partial charge < -0.3 is 14.5 Å². The molecule has 0 aliphatic carbocycles. The highest BCUT2D eigenvalue weighted by Gasteiger charge is 2.23. The number of aryl methyl sites for hydroxylation is 1. The van der Waals surface area contributed by atoms with E-state index >= 15 is 0 Å². The maximum atomic E-state index is 12.7. The van der Waals surface area contributed by atoms with Crippen LogP contribution >= 0.6 is 11.3 Å². The minimum atomic E-state index is -0.462. The normalized spacial score (nSPS) is 11.1. The van der Waals surface area contributed by atoms with Crippen LogP contribution in [0, 0.1) is 6.92 Å². The highest BCUT2D eigenvalue weighted by atomic mass is 32.1. The van der Waals surface area contributed by atoms with Gasteiger partial charge in [0, 0.05) is 17.0 Å². The Bertz CT molecular complexity index is 999. The highest BCUT2D eigenvalue weighted by Crippen LogP contribution is 2.36. The Morgan fingerprint density at radius 3 is 2.54 bits per heavy atom. The van der Waals surface area contributed by atoms with E-state index < -0.39 is 5.97 Å². The number of esters is 1. The van der Waals surface area contributed by atoms with Crippen LogP contribution in [0.2, 0.25) is 0 Å². The molecule has 0 saturated carbocycles. The minimum absolute atomic E-state index is 0.262. The van der Waals surface area contributed by atoms with Crippen molar-refractivity contribution in [3.05, 3.63) is 71.0 Å². The van der Waals surface area contributed by atoms with Crippen molar-refractivity contribution in [3.8, 4) is 11.1 Å². The maximum absolute atomic E-state index is 12.7. The van der Waals surface area contributed by atoms with Gasteiger partial charge in [-0.15, -0.1) is 11.3 Å². The minimum Gasteiger partial charge on any atom is -0.462 e. The third-order valence-corrected chi connectivity index (χ3v) is 4.71. The molecule has 0 bridgehead atoms. The van der Waals surface area contributed by atoms with E-state index in [4.69, 9.17) is 9.15 Å². The van der Waals surface area contributed by atoms with Crippen LogP contribution in [0.5, 0.6) is 0 Å². The molecule has 2 heterocycles. The molecule has 2 aromatic heterocycles. The number of carbonyl (C=O) groups excluding carboxylic acids is 2. The van der Waals surface area contributed by atoms with Gasteiger partial charge in [0.05, 0.1) is 6.10 Å². The smallest absolute Gasteiger partial charge is 0.342 e. The summed E-state index contributed by atoms with van der Waals surface area (Å²) in [6.45, 7) is 5.42. The topological polar surface area (TPSA) is 68.5 Å². The number of benzene rings is 1. The first-order valence-corrected chi connectivity index (χ1v) is 9.75. The van der Waals surface area contributed by atoms with E-state index in [0.29, 0.717) is 16.3 Å². The van der Waals surface area contributed by atoms with Gasteiger partial charge in [0.2, 0.25) is 5.91 Å². The van der Waals surface area contributed by atoms with Crippen LogP contribution in [-0.4, -0.2) is 18.0 Å². The molecule has 0 aliphatic rings. The molecule has 6 heteroatoms. The van der Waals surface area contributed by atoms with Crippen molar-refractivity contribution < 1.29 is 18.7 Å². The van der Waals surface area contributed by atoms with E-state index in [9.17, 15) is 9.59 Å². The lowest BCUT2D eigenvalue weighted by molar-refractivity contribution is -0.111. The summed E-state index contributed by atoms with van der Waals surface area (Å²) in [7, 11) is 0. The molecule has 3 rings (SSSR count). The van der Waals surface area contributed by atoms with E-state index in [0.717, 1.165) is 16.9 Å². The zero-order valence-electron chi connectivity index (χ0n) is 15.9. The van der Waals surface area contributed by atoms with Gasteiger partial charge in [0.15, 0.2) is 0 Å². The second-order valence-corrected chi connectivity index (χ2v) is 7.32. The van der Waals surface area contributed by atoms with Gasteiger partial charge in [-0.3, -0.25) is 4.79 Å². The van der Waals surface area contributed by atoms with Crippen LogP contribution in [0.25, 0.3) is 17.2 Å². The SMILES string of the molecule is Cc1ccc(/C=C/C(=O)Nc2scc(-c3ccccc3)c2C(=O)OC(C)C)o1. The van der Waals surface area contributed by atoms with Crippen molar-refractivity contribution in [1.29, 1.82) is 0 Å². The van der Waals surface area contributed by atoms with Crippen LogP contribution in [-0.2, 0) is 9.53 Å². The first-order chi connectivity index (χ1) is 13.4. The maximum Gasteiger partial charge on any atom is 0.342 e. The van der Waals surface area contributed by atoms with Gasteiger partial charge in [0.25, 0.3) is 0 Å². The van der Waals surface area contributed by atoms with Crippen molar-refractivity contribution in [1.82, 2.24) is 0 Å². The molecule has 1 N–H and O–H groups in total. The lowest BCUT2D eigenvalue weighted by Crippen LogP contribution is -2.15. The number of thiophene rings is 1. The predicted molar refractivity (Wildman–Crippen MR) is 111 cm³/mol. The Morgan fingerprint density at radius 1 is 1.14 bits per heavy atom. The van der Waals surface area contributed by atoms with E-state index in [1.165, 1.54) is 17.4 Å². The van der Waals surface area contributed by atoms with Crippen molar-refractivity contribution in [2.24, 2.45) is 0 Å². The first kappa shape index (κ1) is 19.6. The van der Waals surface area contributed by atoms with Gasteiger partial charge >= 0.3 is 5.97 Å². The van der Waals surface area contributed by atoms with Crippen LogP contribution < -0.4 is 5.32 Å². The van der Waals surface area contributed by atoms with Crippen molar-refractivity contribution in [2.75, 3.05) is 5.32 Å². The molecule has 0 unspecified atom stereocenters. The predicted octanol–water partition coefficient (Wildman–Crippen LogP) is 5.53. The molecular weight excluding hydrogens is 374 g/mol. The van der Waals surface area contributed by atoms with Crippen molar-refractivity contribution in [3.63, 3.8) is 0 Å². The second kappa shape index (κ2) is 8.71. The van der Waals surface area contributed by atoms with Gasteiger partial charge in [-0.05, 0) is 44.5 Å². The van der Waals surface area contributed by atoms with Crippen molar-refractivity contribution in [2.45, 2.75) is 26.9 Å². The van der Waals surface area contributed by atoms with E-state index in [1.54, 1.807) is 26.0 Å². The van der Waals surface area contributed by atoms with Gasteiger partial charge in [-0.25, -0.2) is 4.79 Å². The Kier molecular flexibility index (Phi) is 6.11. The quantitative estimate of drug-likeness (QED) is 0.440. The van der Waals surface area contributed by atoms with Crippen LogP contribution in [0.4, 0.5) is 5.00 Å². The fourth-order valence-corrected chi connectivity index (χ4v) is 3.57. The van der Waals surface area contributed by atoms with E-state index in [-0.39, 0.29) is 12.0 Å². The molecule has 0 aliphatic heterocycles. The molecule has 0 saturated heterocycles. The Labute approximate surface area is 167 Å². The van der Waals surface area contributed by atoms with Gasteiger partial charge in [0.1, 0.15) is 22.1 Å². The zero-order valence-corrected chi connectivity index (χ0v) is 16.7. The second-order valence-electron chi connectivity index (χ2n) is 6.44. The molecule has 1 amide bonds. The largest absolute Gasteiger partial charge is 0.462 e. The van der Waals surface area contributed by atoms with Crippen molar-refractivity contribution >= 4 is 34.3 Å². The number of hydrogen-bond acceptors (Lipinski definition) is 5. The molecule has 3 aromatic rings. The zero-order chi connectivity index (χ0) is 20.1. The number of nitrogens with one attached hydrogen (secondary N) is 1. The summed E-state index contributed by atoms with van der Waals surface area (Å²) >= 11 is 1.29. The summed E-state index contributed by atoms with van der Waals surface area (Å²) in [6, 6.07) is 13.1. The summed E-state index contributed by atoms with van der Waals surface area (Å²) in [5.74, 6) is 0.540. The monoisotopic (exact) mass is 395 g/mol. The molecule has 0 atom stereocenters. The average molecular weight is 395 g/mol. The van der Waals surface area contributed by atoms with Gasteiger partial charge in [-0.1, -0.05) is 30.3 Å². The Balaban J connectivity index is 1.87. The molecule has 0 fully saturated rings. The fraction of sp³-hybridized carbons (Fsp3) is 0.182. The number of amides is 1. The molecule has 1 aromatic carbocycles. The summed E-state index contributed by atoms with van der Waals surface area (Å²) in [5, 5.41) is 5.08. The molecule has 144 valence electrons. The lowest BCUT2D eigenvalue weighted by atomic mass is 10.0. The number of hydrogen-bond donors (Lipinski definition) is 1. The summed E-state index contributed by atoms with van der Waals surface area (Å²) in [4.78, 5) is 25.0. The molecule has 5 nitrogen and oxygen atoms in total. The van der Waals surface area contributed by atoms with Crippen LogP contribution in [0.1, 0.15) is 35.7 Å². The van der Waals surface area contributed by atoms with E-state index in [2.05, 4.69) is 5.32 Å². The molecule has 0 radical (unpaired) electrons. The van der Waals surface area contributed by atoms with E-state index in [1.807, 2.05) is 48.7 Å². The Hall–Kier alpha value is -3.12. The summed E-state index contributed by atoms with van der Waals surface area (Å²) in [5.41, 5.74) is 1.98. The number of anilines is 1. The van der Waals surface area contributed by atoms with Crippen LogP contribution in [0.15, 0.2) is 58.3 Å². The highest BCUT2D eigenvalue weighted by molar-refractivity contribution is 7.15. The number of furan rings is 1.